The van der Waals surface area contributed by atoms with E-state index in [1.165, 1.54) is 7.11 Å². The number of nitrogens with one attached hydrogen (secondary N) is 2. The molecule has 2 aromatic carbocycles. The quantitative estimate of drug-likeness (QED) is 0.524. The molecule has 3 N–H and O–H groups in total. The molecule has 1 unspecified atom stereocenters. The minimum absolute atomic E-state index is 0.0694. The number of hydrogen-bond donors (Lipinski definition) is 3. The van der Waals surface area contributed by atoms with Crippen molar-refractivity contribution in [2.45, 2.75) is 37.8 Å². The summed E-state index contributed by atoms with van der Waals surface area (Å²) in [5.41, 5.74) is 4.47. The molecule has 2 atom stereocenters. The zero-order chi connectivity index (χ0) is 23.1. The number of alkyl carbamates (subject to hydrolysis) is 1. The first kappa shape index (κ1) is 23.3. The Hall–Kier alpha value is -3.39. The van der Waals surface area contributed by atoms with Gasteiger partial charge in [-0.15, -0.1) is 0 Å². The highest BCUT2D eigenvalue weighted by Crippen LogP contribution is 2.44. The summed E-state index contributed by atoms with van der Waals surface area (Å²) >= 11 is 0. The van der Waals surface area contributed by atoms with Gasteiger partial charge in [-0.1, -0.05) is 61.9 Å². The van der Waals surface area contributed by atoms with Crippen LogP contribution in [0.3, 0.4) is 0 Å². The molecule has 8 heteroatoms. The number of carbonyl (C=O) groups is 3. The molecule has 2 aromatic rings. The fourth-order valence-electron chi connectivity index (χ4n) is 3.92. The average Bonchev–Trinajstić information content (AvgIpc) is 3.11. The Morgan fingerprint density at radius 2 is 1.62 bits per heavy atom. The lowest BCUT2D eigenvalue weighted by molar-refractivity contribution is -0.144. The van der Waals surface area contributed by atoms with Crippen molar-refractivity contribution in [2.75, 3.05) is 20.3 Å². The topological polar surface area (TPSA) is 114 Å². The normalized spacial score (nSPS) is 14.1. The smallest absolute Gasteiger partial charge is 0.407 e. The molecule has 0 radical (unpaired) electrons. The molecule has 0 aliphatic heterocycles. The number of carboxylic acids is 1. The summed E-state index contributed by atoms with van der Waals surface area (Å²) in [5.74, 6) is -1.79. The maximum absolute atomic E-state index is 12.3. The third-order valence-corrected chi connectivity index (χ3v) is 5.54. The van der Waals surface area contributed by atoms with E-state index in [1.807, 2.05) is 43.3 Å². The van der Waals surface area contributed by atoms with Crippen molar-refractivity contribution in [3.8, 4) is 11.1 Å². The van der Waals surface area contributed by atoms with Crippen LogP contribution in [0.4, 0.5) is 4.79 Å². The maximum atomic E-state index is 12.3. The van der Waals surface area contributed by atoms with E-state index in [9.17, 15) is 19.5 Å². The summed E-state index contributed by atoms with van der Waals surface area (Å²) in [6, 6.07) is 15.1. The number of rotatable bonds is 10. The van der Waals surface area contributed by atoms with Crippen molar-refractivity contribution in [1.82, 2.24) is 10.6 Å². The van der Waals surface area contributed by atoms with Gasteiger partial charge in [0.05, 0.1) is 6.54 Å². The number of carbonyl (C=O) groups excluding carboxylic acids is 2. The van der Waals surface area contributed by atoms with Gasteiger partial charge in [0.15, 0.2) is 6.10 Å². The number of fused-ring (bicyclic) bond motifs is 3. The van der Waals surface area contributed by atoms with Crippen LogP contribution in [-0.4, -0.2) is 55.5 Å². The molecule has 3 rings (SSSR count). The first-order chi connectivity index (χ1) is 15.5. The van der Waals surface area contributed by atoms with E-state index >= 15 is 0 Å². The highest BCUT2D eigenvalue weighted by Gasteiger charge is 2.29. The number of ether oxygens (including phenoxy) is 2. The highest BCUT2D eigenvalue weighted by molar-refractivity contribution is 5.86. The predicted molar refractivity (Wildman–Crippen MR) is 118 cm³/mol. The largest absolute Gasteiger partial charge is 0.480 e. The second kappa shape index (κ2) is 10.8. The molecule has 0 spiro atoms. The highest BCUT2D eigenvalue weighted by atomic mass is 16.5. The van der Waals surface area contributed by atoms with Gasteiger partial charge in [0.1, 0.15) is 12.6 Å². The third kappa shape index (κ3) is 5.26. The van der Waals surface area contributed by atoms with Crippen LogP contribution >= 0.6 is 0 Å². The molecule has 1 aliphatic carbocycles. The van der Waals surface area contributed by atoms with Gasteiger partial charge < -0.3 is 25.2 Å². The Kier molecular flexibility index (Phi) is 7.83. The van der Waals surface area contributed by atoms with Crippen LogP contribution in [0, 0.1) is 0 Å². The number of carboxylic acid groups (broad SMARTS) is 1. The zero-order valence-electron chi connectivity index (χ0n) is 18.2. The van der Waals surface area contributed by atoms with Crippen molar-refractivity contribution >= 4 is 18.0 Å². The van der Waals surface area contributed by atoms with E-state index in [1.54, 1.807) is 0 Å². The monoisotopic (exact) mass is 440 g/mol. The molecule has 0 aromatic heterocycles. The van der Waals surface area contributed by atoms with Crippen LogP contribution in [0.1, 0.15) is 36.8 Å². The fraction of sp³-hybridized carbons (Fsp3) is 0.375. The minimum atomic E-state index is -1.11. The van der Waals surface area contributed by atoms with E-state index in [4.69, 9.17) is 9.47 Å². The van der Waals surface area contributed by atoms with Crippen molar-refractivity contribution in [1.29, 1.82) is 0 Å². The molecule has 170 valence electrons. The first-order valence-corrected chi connectivity index (χ1v) is 10.6. The maximum Gasteiger partial charge on any atom is 0.407 e. The lowest BCUT2D eigenvalue weighted by Gasteiger charge is -2.20. The van der Waals surface area contributed by atoms with Crippen LogP contribution in [0.25, 0.3) is 11.1 Å². The van der Waals surface area contributed by atoms with Gasteiger partial charge in [-0.2, -0.15) is 0 Å². The Bertz CT molecular complexity index is 931. The summed E-state index contributed by atoms with van der Waals surface area (Å²) in [6.45, 7) is 1.84. The van der Waals surface area contributed by atoms with E-state index < -0.39 is 30.1 Å². The van der Waals surface area contributed by atoms with Gasteiger partial charge >= 0.3 is 12.1 Å². The molecule has 0 saturated carbocycles. The average molecular weight is 440 g/mol. The van der Waals surface area contributed by atoms with Crippen LogP contribution in [0.15, 0.2) is 48.5 Å². The van der Waals surface area contributed by atoms with E-state index in [0.717, 1.165) is 22.3 Å². The lowest BCUT2D eigenvalue weighted by Crippen LogP contribution is -2.49. The molecular formula is C24H28N2O6. The Balaban J connectivity index is 1.55. The van der Waals surface area contributed by atoms with E-state index in [-0.39, 0.29) is 19.1 Å². The zero-order valence-corrected chi connectivity index (χ0v) is 18.2. The Morgan fingerprint density at radius 1 is 1.03 bits per heavy atom. The van der Waals surface area contributed by atoms with Crippen LogP contribution < -0.4 is 10.6 Å². The van der Waals surface area contributed by atoms with E-state index in [2.05, 4.69) is 22.8 Å². The molecule has 32 heavy (non-hydrogen) atoms. The van der Waals surface area contributed by atoms with Crippen LogP contribution in [0.5, 0.6) is 0 Å². The van der Waals surface area contributed by atoms with Gasteiger partial charge in [-0.3, -0.25) is 4.79 Å². The van der Waals surface area contributed by atoms with Gasteiger partial charge in [-0.05, 0) is 28.7 Å². The van der Waals surface area contributed by atoms with E-state index in [0.29, 0.717) is 12.8 Å². The SMILES string of the molecule is CCC[C@@H](NC(=O)C(CNC(=O)OCC1c2ccccc2-c2ccccc21)OC)C(=O)O. The predicted octanol–water partition coefficient (Wildman–Crippen LogP) is 2.91. The second-order valence-corrected chi connectivity index (χ2v) is 7.62. The lowest BCUT2D eigenvalue weighted by atomic mass is 9.98. The standard InChI is InChI=1S/C24H28N2O6/c1-3-8-20(23(28)29)26-22(27)21(31-2)13-25-24(30)32-14-19-17-11-6-4-9-15(17)16-10-5-7-12-18(16)19/h4-7,9-12,19-21H,3,8,13-14H2,1-2H3,(H,25,30)(H,26,27)(H,28,29)/t20-,21?/m1/s1. The van der Waals surface area contributed by atoms with Crippen molar-refractivity contribution in [3.63, 3.8) is 0 Å². The minimum Gasteiger partial charge on any atom is -0.480 e. The molecule has 1 aliphatic rings. The fourth-order valence-corrected chi connectivity index (χ4v) is 3.92. The summed E-state index contributed by atoms with van der Waals surface area (Å²) in [7, 11) is 1.32. The van der Waals surface area contributed by atoms with Gasteiger partial charge in [0.2, 0.25) is 0 Å². The van der Waals surface area contributed by atoms with Crippen molar-refractivity contribution < 1.29 is 29.0 Å². The molecule has 0 bridgehead atoms. The van der Waals surface area contributed by atoms with Gasteiger partial charge in [0.25, 0.3) is 5.91 Å². The summed E-state index contributed by atoms with van der Waals surface area (Å²) < 4.78 is 10.6. The first-order valence-electron chi connectivity index (χ1n) is 10.6. The number of methoxy groups -OCH3 is 1. The summed E-state index contributed by atoms with van der Waals surface area (Å²) in [6.07, 6.45) is -0.802. The van der Waals surface area contributed by atoms with Gasteiger partial charge in [0, 0.05) is 13.0 Å². The molecule has 2 amide bonds. The second-order valence-electron chi connectivity index (χ2n) is 7.62. The Morgan fingerprint density at radius 3 is 2.16 bits per heavy atom. The number of aliphatic carboxylic acids is 1. The molecule has 8 nitrogen and oxygen atoms in total. The Labute approximate surface area is 186 Å². The number of amides is 2. The van der Waals surface area contributed by atoms with Crippen molar-refractivity contribution in [2.24, 2.45) is 0 Å². The number of hydrogen-bond acceptors (Lipinski definition) is 5. The van der Waals surface area contributed by atoms with Gasteiger partial charge in [-0.25, -0.2) is 9.59 Å². The molecule has 0 heterocycles. The van der Waals surface area contributed by atoms with Crippen molar-refractivity contribution in [3.05, 3.63) is 59.7 Å². The molecule has 0 saturated heterocycles. The molecule has 0 fully saturated rings. The van der Waals surface area contributed by atoms with Crippen LogP contribution in [-0.2, 0) is 19.1 Å². The van der Waals surface area contributed by atoms with Crippen LogP contribution in [0.2, 0.25) is 0 Å². The molecular weight excluding hydrogens is 412 g/mol. The summed E-state index contributed by atoms with van der Waals surface area (Å²) in [5, 5.41) is 14.2. The third-order valence-electron chi connectivity index (χ3n) is 5.54. The number of benzene rings is 2. The summed E-state index contributed by atoms with van der Waals surface area (Å²) in [4.78, 5) is 35.9.